The molecular weight excluding hydrogens is 250 g/mol. The van der Waals surface area contributed by atoms with Crippen molar-refractivity contribution >= 4 is 16.7 Å². The van der Waals surface area contributed by atoms with E-state index in [1.54, 1.807) is 7.11 Å². The third kappa shape index (κ3) is 2.62. The van der Waals surface area contributed by atoms with E-state index in [-0.39, 0.29) is 11.8 Å². The van der Waals surface area contributed by atoms with E-state index < -0.39 is 0 Å². The molecular formula is C17H19NO2. The first-order valence-electron chi connectivity index (χ1n) is 7.02. The predicted octanol–water partition coefficient (Wildman–Crippen LogP) is 3.12. The summed E-state index contributed by atoms with van der Waals surface area (Å²) in [6.07, 6.45) is 1.03. The second-order valence-electron chi connectivity index (χ2n) is 5.58. The third-order valence-electron chi connectivity index (χ3n) is 4.02. The van der Waals surface area contributed by atoms with Crippen LogP contribution in [0.15, 0.2) is 36.4 Å². The fourth-order valence-electron chi connectivity index (χ4n) is 2.52. The lowest BCUT2D eigenvalue weighted by atomic mass is 10.1. The molecule has 0 spiro atoms. The van der Waals surface area contributed by atoms with Gasteiger partial charge < -0.3 is 10.1 Å². The molecule has 0 saturated heterocycles. The van der Waals surface area contributed by atoms with Gasteiger partial charge in [0.2, 0.25) is 5.91 Å². The molecule has 0 aliphatic heterocycles. The van der Waals surface area contributed by atoms with Crippen molar-refractivity contribution in [3.63, 3.8) is 0 Å². The van der Waals surface area contributed by atoms with Crippen LogP contribution in [0.2, 0.25) is 0 Å². The van der Waals surface area contributed by atoms with Crippen LogP contribution in [0, 0.1) is 11.8 Å². The molecule has 104 valence electrons. The van der Waals surface area contributed by atoms with Crippen LogP contribution in [0.25, 0.3) is 10.8 Å². The highest BCUT2D eigenvalue weighted by atomic mass is 16.5. The van der Waals surface area contributed by atoms with Gasteiger partial charge in [-0.1, -0.05) is 25.1 Å². The highest BCUT2D eigenvalue weighted by molar-refractivity contribution is 5.85. The minimum atomic E-state index is 0.187. The van der Waals surface area contributed by atoms with Crippen molar-refractivity contribution in [2.75, 3.05) is 7.11 Å². The summed E-state index contributed by atoms with van der Waals surface area (Å²) in [6.45, 7) is 2.72. The van der Waals surface area contributed by atoms with Gasteiger partial charge >= 0.3 is 0 Å². The van der Waals surface area contributed by atoms with Gasteiger partial charge in [0, 0.05) is 12.5 Å². The molecule has 20 heavy (non-hydrogen) atoms. The lowest BCUT2D eigenvalue weighted by Crippen LogP contribution is -2.24. The summed E-state index contributed by atoms with van der Waals surface area (Å²) in [5.41, 5.74) is 1.13. The van der Waals surface area contributed by atoms with E-state index in [0.29, 0.717) is 12.5 Å². The minimum Gasteiger partial charge on any atom is -0.497 e. The van der Waals surface area contributed by atoms with Gasteiger partial charge in [0.25, 0.3) is 0 Å². The smallest absolute Gasteiger partial charge is 0.223 e. The molecule has 1 aliphatic rings. The molecule has 2 aromatic rings. The Kier molecular flexibility index (Phi) is 3.35. The van der Waals surface area contributed by atoms with Crippen LogP contribution in [0.3, 0.4) is 0 Å². The molecule has 0 heterocycles. The third-order valence-corrected chi connectivity index (χ3v) is 4.02. The van der Waals surface area contributed by atoms with Crippen molar-refractivity contribution in [2.24, 2.45) is 11.8 Å². The summed E-state index contributed by atoms with van der Waals surface area (Å²) in [5, 5.41) is 5.33. The number of hydrogen-bond acceptors (Lipinski definition) is 2. The van der Waals surface area contributed by atoms with Crippen LogP contribution in [0.1, 0.15) is 18.9 Å². The van der Waals surface area contributed by atoms with E-state index in [1.165, 1.54) is 0 Å². The zero-order valence-electron chi connectivity index (χ0n) is 11.8. The van der Waals surface area contributed by atoms with Crippen molar-refractivity contribution in [3.8, 4) is 5.75 Å². The molecule has 3 nitrogen and oxygen atoms in total. The monoisotopic (exact) mass is 269 g/mol. The van der Waals surface area contributed by atoms with E-state index in [0.717, 1.165) is 28.5 Å². The molecule has 1 aliphatic carbocycles. The van der Waals surface area contributed by atoms with Crippen molar-refractivity contribution in [1.82, 2.24) is 5.32 Å². The Hall–Kier alpha value is -2.03. The van der Waals surface area contributed by atoms with Crippen molar-refractivity contribution in [1.29, 1.82) is 0 Å². The first-order valence-corrected chi connectivity index (χ1v) is 7.02. The fourth-order valence-corrected chi connectivity index (χ4v) is 2.52. The number of benzene rings is 2. The average Bonchev–Trinajstić information content (AvgIpc) is 3.21. The number of nitrogens with one attached hydrogen (secondary N) is 1. The number of carbonyl (C=O) groups excluding carboxylic acids is 1. The van der Waals surface area contributed by atoms with Gasteiger partial charge in [0.1, 0.15) is 5.75 Å². The molecule has 3 heteroatoms. The van der Waals surface area contributed by atoms with Crippen LogP contribution in [-0.4, -0.2) is 13.0 Å². The van der Waals surface area contributed by atoms with Crippen LogP contribution in [0.5, 0.6) is 5.75 Å². The van der Waals surface area contributed by atoms with Gasteiger partial charge in [-0.15, -0.1) is 0 Å². The highest BCUT2D eigenvalue weighted by Gasteiger charge is 2.38. The zero-order chi connectivity index (χ0) is 14.1. The Bertz CT molecular complexity index is 650. The quantitative estimate of drug-likeness (QED) is 0.926. The second kappa shape index (κ2) is 5.16. The van der Waals surface area contributed by atoms with E-state index >= 15 is 0 Å². The maximum Gasteiger partial charge on any atom is 0.223 e. The van der Waals surface area contributed by atoms with Crippen LogP contribution >= 0.6 is 0 Å². The number of methoxy groups -OCH3 is 1. The lowest BCUT2D eigenvalue weighted by molar-refractivity contribution is -0.122. The topological polar surface area (TPSA) is 38.3 Å². The second-order valence-corrected chi connectivity index (χ2v) is 5.58. The van der Waals surface area contributed by atoms with Crippen LogP contribution in [-0.2, 0) is 11.3 Å². The van der Waals surface area contributed by atoms with Gasteiger partial charge in [0.05, 0.1) is 7.11 Å². The molecule has 1 fully saturated rings. The van der Waals surface area contributed by atoms with Gasteiger partial charge in [-0.2, -0.15) is 0 Å². The van der Waals surface area contributed by atoms with Gasteiger partial charge in [-0.3, -0.25) is 4.79 Å². The number of fused-ring (bicyclic) bond motifs is 1. The Morgan fingerprint density at radius 3 is 2.65 bits per heavy atom. The number of hydrogen-bond donors (Lipinski definition) is 1. The molecule has 2 aromatic carbocycles. The Labute approximate surface area is 118 Å². The number of carbonyl (C=O) groups is 1. The van der Waals surface area contributed by atoms with Crippen LogP contribution in [0.4, 0.5) is 0 Å². The predicted molar refractivity (Wildman–Crippen MR) is 79.6 cm³/mol. The van der Waals surface area contributed by atoms with Crippen molar-refractivity contribution in [2.45, 2.75) is 19.9 Å². The molecule has 0 bridgehead atoms. The largest absolute Gasteiger partial charge is 0.497 e. The molecule has 0 unspecified atom stereocenters. The molecule has 1 N–H and O–H groups in total. The minimum absolute atomic E-state index is 0.187. The molecule has 0 radical (unpaired) electrons. The number of rotatable bonds is 4. The Morgan fingerprint density at radius 1 is 1.25 bits per heavy atom. The molecule has 3 rings (SSSR count). The van der Waals surface area contributed by atoms with Crippen LogP contribution < -0.4 is 10.1 Å². The summed E-state index contributed by atoms with van der Waals surface area (Å²) < 4.78 is 5.22. The van der Waals surface area contributed by atoms with E-state index in [2.05, 4.69) is 30.4 Å². The molecule has 0 aromatic heterocycles. The number of amides is 1. The summed E-state index contributed by atoms with van der Waals surface area (Å²) in [6, 6.07) is 12.3. The Morgan fingerprint density at radius 2 is 1.95 bits per heavy atom. The molecule has 1 saturated carbocycles. The Balaban J connectivity index is 1.71. The van der Waals surface area contributed by atoms with Gasteiger partial charge in [-0.05, 0) is 46.9 Å². The molecule has 1 amide bonds. The molecule has 2 atom stereocenters. The van der Waals surface area contributed by atoms with Crippen molar-refractivity contribution < 1.29 is 9.53 Å². The SMILES string of the molecule is COc1ccc2cc(CNC(=O)[C@@H]3C[C@@H]3C)ccc2c1. The maximum atomic E-state index is 11.8. The fraction of sp³-hybridized carbons (Fsp3) is 0.353. The maximum absolute atomic E-state index is 11.8. The summed E-state index contributed by atoms with van der Waals surface area (Å²) >= 11 is 0. The van der Waals surface area contributed by atoms with E-state index in [4.69, 9.17) is 4.74 Å². The standard InChI is InChI=1S/C17H19NO2/c1-11-7-16(11)17(19)18-10-12-3-4-14-9-15(20-2)6-5-13(14)8-12/h3-6,8-9,11,16H,7,10H2,1-2H3,(H,18,19)/t11-,16+/m0/s1. The lowest BCUT2D eigenvalue weighted by Gasteiger charge is -2.07. The highest BCUT2D eigenvalue weighted by Crippen LogP contribution is 2.37. The summed E-state index contributed by atoms with van der Waals surface area (Å²) in [7, 11) is 1.67. The average molecular weight is 269 g/mol. The first-order chi connectivity index (χ1) is 9.67. The van der Waals surface area contributed by atoms with E-state index in [9.17, 15) is 4.79 Å². The first kappa shape index (κ1) is 13.0. The summed E-state index contributed by atoms with van der Waals surface area (Å²) in [4.78, 5) is 11.8. The normalized spacial score (nSPS) is 20.7. The van der Waals surface area contributed by atoms with Gasteiger partial charge in [-0.25, -0.2) is 0 Å². The number of ether oxygens (including phenoxy) is 1. The zero-order valence-corrected chi connectivity index (χ0v) is 11.8. The summed E-state index contributed by atoms with van der Waals surface area (Å²) in [5.74, 6) is 1.84. The van der Waals surface area contributed by atoms with Crippen molar-refractivity contribution in [3.05, 3.63) is 42.0 Å². The van der Waals surface area contributed by atoms with E-state index in [1.807, 2.05) is 18.2 Å². The van der Waals surface area contributed by atoms with Gasteiger partial charge in [0.15, 0.2) is 0 Å².